The second-order valence-corrected chi connectivity index (χ2v) is 7.61. The fourth-order valence-corrected chi connectivity index (χ4v) is 3.69. The van der Waals surface area contributed by atoms with E-state index in [4.69, 9.17) is 16.3 Å². The van der Waals surface area contributed by atoms with Gasteiger partial charge in [0.25, 0.3) is 0 Å². The summed E-state index contributed by atoms with van der Waals surface area (Å²) in [5.74, 6) is 1.02. The summed E-state index contributed by atoms with van der Waals surface area (Å²) in [6.07, 6.45) is 5.87. The van der Waals surface area contributed by atoms with Crippen LogP contribution in [0.2, 0.25) is 5.02 Å². The van der Waals surface area contributed by atoms with Crippen LogP contribution in [0, 0.1) is 0 Å². The number of amides is 1. The molecule has 0 atom stereocenters. The number of ether oxygens (including phenoxy) is 1. The van der Waals surface area contributed by atoms with E-state index in [2.05, 4.69) is 26.8 Å². The lowest BCUT2D eigenvalue weighted by Gasteiger charge is -2.31. The van der Waals surface area contributed by atoms with Crippen LogP contribution in [0.15, 0.2) is 49.4 Å². The molecule has 0 bridgehead atoms. The van der Waals surface area contributed by atoms with Gasteiger partial charge in [0.2, 0.25) is 11.8 Å². The van der Waals surface area contributed by atoms with Gasteiger partial charge in [0.1, 0.15) is 18.2 Å². The molecule has 3 aromatic rings. The van der Waals surface area contributed by atoms with Crippen LogP contribution in [0.1, 0.15) is 18.4 Å². The van der Waals surface area contributed by atoms with Crippen molar-refractivity contribution in [2.24, 2.45) is 0 Å². The van der Waals surface area contributed by atoms with Crippen molar-refractivity contribution in [3.8, 4) is 5.88 Å². The van der Waals surface area contributed by atoms with E-state index in [1.807, 2.05) is 12.1 Å². The molecule has 0 unspecified atom stereocenters. The summed E-state index contributed by atoms with van der Waals surface area (Å²) < 4.78 is 6.07. The molecule has 1 fully saturated rings. The number of piperidine rings is 1. The Hall–Kier alpha value is -3.23. The topological polar surface area (TPSA) is 100 Å². The first-order valence-corrected chi connectivity index (χ1v) is 10.3. The summed E-state index contributed by atoms with van der Waals surface area (Å²) in [4.78, 5) is 26.5. The van der Waals surface area contributed by atoms with Gasteiger partial charge in [0.15, 0.2) is 0 Å². The molecule has 0 aliphatic carbocycles. The largest absolute Gasteiger partial charge is 0.474 e. The third kappa shape index (κ3) is 4.76. The molecule has 8 nitrogen and oxygen atoms in total. The zero-order valence-electron chi connectivity index (χ0n) is 16.8. The second-order valence-electron chi connectivity index (χ2n) is 7.20. The molecule has 3 heterocycles. The van der Waals surface area contributed by atoms with E-state index >= 15 is 0 Å². The van der Waals surface area contributed by atoms with Crippen molar-refractivity contribution in [2.75, 3.05) is 18.4 Å². The minimum atomic E-state index is -0.155. The molecule has 2 N–H and O–H groups in total. The first-order chi connectivity index (χ1) is 15.1. The SMILES string of the molecule is C=CC(=O)N1CCC(Oc2cc3c(Nc4ccc(Cl)c(CO)c4)ncnc3cn2)CC1. The maximum Gasteiger partial charge on any atom is 0.245 e. The normalized spacial score (nSPS) is 14.5. The second kappa shape index (κ2) is 9.28. The molecular formula is C22H22ClN5O3. The van der Waals surface area contributed by atoms with Gasteiger partial charge < -0.3 is 20.1 Å². The van der Waals surface area contributed by atoms with Crippen LogP contribution < -0.4 is 10.1 Å². The number of benzene rings is 1. The zero-order valence-corrected chi connectivity index (χ0v) is 17.5. The maximum absolute atomic E-state index is 11.7. The van der Waals surface area contributed by atoms with Crippen molar-refractivity contribution in [3.63, 3.8) is 0 Å². The number of fused-ring (bicyclic) bond motifs is 1. The lowest BCUT2D eigenvalue weighted by atomic mass is 10.1. The standard InChI is InChI=1S/C22H22ClN5O3/c1-2-21(30)28-7-5-16(6-8-28)31-20-10-17-19(11-24-20)25-13-26-22(17)27-15-3-4-18(23)14(9-15)12-29/h2-4,9-11,13,16,29H,1,5-8,12H2,(H,25,26,27). The van der Waals surface area contributed by atoms with Crippen LogP contribution in [-0.2, 0) is 11.4 Å². The zero-order chi connectivity index (χ0) is 21.8. The maximum atomic E-state index is 11.7. The number of carbonyl (C=O) groups is 1. The summed E-state index contributed by atoms with van der Waals surface area (Å²) in [6.45, 7) is 4.64. The third-order valence-corrected chi connectivity index (χ3v) is 5.56. The first kappa shape index (κ1) is 21.0. The molecule has 4 rings (SSSR count). The van der Waals surface area contributed by atoms with Crippen LogP contribution in [0.3, 0.4) is 0 Å². The average molecular weight is 440 g/mol. The highest BCUT2D eigenvalue weighted by Crippen LogP contribution is 2.28. The van der Waals surface area contributed by atoms with Gasteiger partial charge in [0.05, 0.1) is 18.3 Å². The number of aliphatic hydroxyl groups excluding tert-OH is 1. The number of pyridine rings is 1. The number of likely N-dealkylation sites (tertiary alicyclic amines) is 1. The Labute approximate surface area is 184 Å². The monoisotopic (exact) mass is 439 g/mol. The minimum Gasteiger partial charge on any atom is -0.474 e. The van der Waals surface area contributed by atoms with Gasteiger partial charge in [-0.1, -0.05) is 18.2 Å². The van der Waals surface area contributed by atoms with E-state index in [0.29, 0.717) is 40.9 Å². The molecule has 160 valence electrons. The number of nitrogens with zero attached hydrogens (tertiary/aromatic N) is 4. The Kier molecular flexibility index (Phi) is 6.29. The number of aromatic nitrogens is 3. The van der Waals surface area contributed by atoms with E-state index in [0.717, 1.165) is 23.9 Å². The molecule has 0 radical (unpaired) electrons. The van der Waals surface area contributed by atoms with Crippen molar-refractivity contribution < 1.29 is 14.6 Å². The number of carbonyl (C=O) groups excluding carboxylic acids is 1. The fourth-order valence-electron chi connectivity index (χ4n) is 3.51. The third-order valence-electron chi connectivity index (χ3n) is 5.19. The summed E-state index contributed by atoms with van der Waals surface area (Å²) in [6, 6.07) is 7.11. The fraction of sp³-hybridized carbons (Fsp3) is 0.273. The molecule has 9 heteroatoms. The Morgan fingerprint density at radius 3 is 2.84 bits per heavy atom. The molecule has 1 amide bonds. The number of anilines is 2. The summed E-state index contributed by atoms with van der Waals surface area (Å²) in [5.41, 5.74) is 2.04. The molecule has 0 saturated carbocycles. The van der Waals surface area contributed by atoms with Crippen LogP contribution in [0.4, 0.5) is 11.5 Å². The average Bonchev–Trinajstić information content (AvgIpc) is 2.80. The predicted octanol–water partition coefficient (Wildman–Crippen LogP) is 3.47. The number of rotatable bonds is 6. The lowest BCUT2D eigenvalue weighted by Crippen LogP contribution is -2.41. The minimum absolute atomic E-state index is 0.0248. The molecule has 1 aliphatic rings. The van der Waals surface area contributed by atoms with Crippen molar-refractivity contribution in [1.82, 2.24) is 19.9 Å². The number of aliphatic hydroxyl groups is 1. The summed E-state index contributed by atoms with van der Waals surface area (Å²) >= 11 is 6.08. The number of nitrogens with one attached hydrogen (secondary N) is 1. The smallest absolute Gasteiger partial charge is 0.245 e. The summed E-state index contributed by atoms with van der Waals surface area (Å²) in [7, 11) is 0. The quantitative estimate of drug-likeness (QED) is 0.567. The molecule has 1 saturated heterocycles. The molecule has 2 aromatic heterocycles. The van der Waals surface area contributed by atoms with Crippen LogP contribution in [-0.4, -0.2) is 50.1 Å². The van der Waals surface area contributed by atoms with Gasteiger partial charge in [-0.3, -0.25) is 4.79 Å². The van der Waals surface area contributed by atoms with Gasteiger partial charge in [-0.15, -0.1) is 0 Å². The highest BCUT2D eigenvalue weighted by atomic mass is 35.5. The molecule has 31 heavy (non-hydrogen) atoms. The van der Waals surface area contributed by atoms with Gasteiger partial charge in [-0.2, -0.15) is 0 Å². The highest BCUT2D eigenvalue weighted by molar-refractivity contribution is 6.31. The number of hydrogen-bond acceptors (Lipinski definition) is 7. The van der Waals surface area contributed by atoms with Gasteiger partial charge in [0, 0.05) is 48.1 Å². The number of hydrogen-bond donors (Lipinski definition) is 2. The Bertz CT molecular complexity index is 1120. The van der Waals surface area contributed by atoms with E-state index in [1.165, 1.54) is 12.4 Å². The van der Waals surface area contributed by atoms with Crippen LogP contribution in [0.25, 0.3) is 10.9 Å². The summed E-state index contributed by atoms with van der Waals surface area (Å²) in [5, 5.41) is 13.9. The molecular weight excluding hydrogens is 418 g/mol. The predicted molar refractivity (Wildman–Crippen MR) is 118 cm³/mol. The molecule has 1 aromatic carbocycles. The van der Waals surface area contributed by atoms with Crippen molar-refractivity contribution in [1.29, 1.82) is 0 Å². The van der Waals surface area contributed by atoms with E-state index in [9.17, 15) is 9.90 Å². The van der Waals surface area contributed by atoms with Crippen LogP contribution in [0.5, 0.6) is 5.88 Å². The van der Waals surface area contributed by atoms with Crippen molar-refractivity contribution >= 4 is 39.9 Å². The van der Waals surface area contributed by atoms with E-state index in [1.54, 1.807) is 23.2 Å². The molecule has 1 aliphatic heterocycles. The Morgan fingerprint density at radius 2 is 2.10 bits per heavy atom. The van der Waals surface area contributed by atoms with Gasteiger partial charge >= 0.3 is 0 Å². The van der Waals surface area contributed by atoms with E-state index < -0.39 is 0 Å². The van der Waals surface area contributed by atoms with Crippen molar-refractivity contribution in [3.05, 3.63) is 60.0 Å². The Morgan fingerprint density at radius 1 is 1.29 bits per heavy atom. The van der Waals surface area contributed by atoms with Crippen molar-refractivity contribution in [2.45, 2.75) is 25.6 Å². The van der Waals surface area contributed by atoms with E-state index in [-0.39, 0.29) is 18.6 Å². The molecule has 0 spiro atoms. The van der Waals surface area contributed by atoms with Gasteiger partial charge in [-0.25, -0.2) is 15.0 Å². The number of halogens is 1. The van der Waals surface area contributed by atoms with Crippen LogP contribution >= 0.6 is 11.6 Å². The Balaban J connectivity index is 1.52. The highest BCUT2D eigenvalue weighted by Gasteiger charge is 2.23. The lowest BCUT2D eigenvalue weighted by molar-refractivity contribution is -0.127. The first-order valence-electron chi connectivity index (χ1n) is 9.92. The van der Waals surface area contributed by atoms with Gasteiger partial charge in [-0.05, 0) is 29.8 Å².